The maximum atomic E-state index is 13.4. The average Bonchev–Trinajstić information content (AvgIpc) is 3.31. The number of aromatic nitrogens is 1. The molecule has 3 aromatic rings. The Labute approximate surface area is 170 Å². The lowest BCUT2D eigenvalue weighted by Crippen LogP contribution is -2.38. The van der Waals surface area contributed by atoms with Crippen LogP contribution >= 0.6 is 11.3 Å². The number of ether oxygens (including phenoxy) is 1. The molecule has 5 heteroatoms. The number of hydrogen-bond donors (Lipinski definition) is 0. The van der Waals surface area contributed by atoms with Crippen molar-refractivity contribution in [2.75, 3.05) is 18.1 Å². The first kappa shape index (κ1) is 19.1. The normalized spacial score (nSPS) is 16.6. The predicted octanol–water partition coefficient (Wildman–Crippen LogP) is 4.98. The van der Waals surface area contributed by atoms with Crippen LogP contribution in [0, 0.1) is 20.8 Å². The summed E-state index contributed by atoms with van der Waals surface area (Å²) in [6, 6.07) is 12.3. The number of nitrogens with zero attached hydrogens (tertiary/aromatic N) is 2. The molecule has 146 valence electrons. The molecule has 0 saturated carbocycles. The molecule has 2 heterocycles. The molecule has 1 aliphatic rings. The van der Waals surface area contributed by atoms with Crippen molar-refractivity contribution in [2.24, 2.45) is 0 Å². The molecular formula is C23H26N2O2S. The monoisotopic (exact) mass is 394 g/mol. The van der Waals surface area contributed by atoms with Gasteiger partial charge in [0.2, 0.25) is 5.91 Å². The van der Waals surface area contributed by atoms with Crippen LogP contribution in [-0.2, 0) is 16.0 Å². The molecule has 4 rings (SSSR count). The zero-order chi connectivity index (χ0) is 19.7. The minimum Gasteiger partial charge on any atom is -0.376 e. The maximum absolute atomic E-state index is 13.4. The number of hydrogen-bond acceptors (Lipinski definition) is 4. The van der Waals surface area contributed by atoms with E-state index in [2.05, 4.69) is 39.0 Å². The summed E-state index contributed by atoms with van der Waals surface area (Å²) >= 11 is 1.58. The molecule has 1 atom stereocenters. The van der Waals surface area contributed by atoms with E-state index in [4.69, 9.17) is 9.72 Å². The minimum absolute atomic E-state index is 0.0876. The number of amides is 1. The third kappa shape index (κ3) is 3.96. The zero-order valence-electron chi connectivity index (χ0n) is 16.7. The highest BCUT2D eigenvalue weighted by Crippen LogP contribution is 2.30. The molecule has 0 spiro atoms. The SMILES string of the molecule is Cc1cc(C)c(CC(=O)N(CC2CCCO2)c2nc3ccccc3s2)c(C)c1. The average molecular weight is 395 g/mol. The molecule has 0 N–H and O–H groups in total. The second-order valence-corrected chi connectivity index (χ2v) is 8.67. The first-order valence-corrected chi connectivity index (χ1v) is 10.7. The summed E-state index contributed by atoms with van der Waals surface area (Å²) < 4.78 is 6.93. The van der Waals surface area contributed by atoms with Crippen molar-refractivity contribution >= 4 is 32.6 Å². The van der Waals surface area contributed by atoms with E-state index >= 15 is 0 Å². The van der Waals surface area contributed by atoms with Gasteiger partial charge in [-0.2, -0.15) is 0 Å². The molecule has 0 radical (unpaired) electrons. The van der Waals surface area contributed by atoms with Gasteiger partial charge in [0.1, 0.15) is 0 Å². The summed E-state index contributed by atoms with van der Waals surface area (Å²) in [4.78, 5) is 20.0. The number of fused-ring (bicyclic) bond motifs is 1. The van der Waals surface area contributed by atoms with E-state index in [0.29, 0.717) is 13.0 Å². The number of benzene rings is 2. The van der Waals surface area contributed by atoms with Crippen molar-refractivity contribution in [1.29, 1.82) is 0 Å². The molecule has 1 aliphatic heterocycles. The Balaban J connectivity index is 1.65. The van der Waals surface area contributed by atoms with Crippen LogP contribution in [0.4, 0.5) is 5.13 Å². The molecule has 1 saturated heterocycles. The highest BCUT2D eigenvalue weighted by atomic mass is 32.1. The van der Waals surface area contributed by atoms with E-state index in [-0.39, 0.29) is 12.0 Å². The Kier molecular flexibility index (Phi) is 5.47. The van der Waals surface area contributed by atoms with Crippen molar-refractivity contribution in [3.8, 4) is 0 Å². The first-order valence-electron chi connectivity index (χ1n) is 9.85. The van der Waals surface area contributed by atoms with Gasteiger partial charge in [-0.15, -0.1) is 0 Å². The number of rotatable bonds is 5. The van der Waals surface area contributed by atoms with Crippen LogP contribution in [0.1, 0.15) is 35.1 Å². The minimum atomic E-state index is 0.0876. The van der Waals surface area contributed by atoms with Gasteiger partial charge in [0.05, 0.1) is 29.3 Å². The summed E-state index contributed by atoms with van der Waals surface area (Å²) in [6.45, 7) is 7.62. The Morgan fingerprint density at radius 2 is 1.96 bits per heavy atom. The van der Waals surface area contributed by atoms with Crippen LogP contribution in [0.5, 0.6) is 0 Å². The fourth-order valence-electron chi connectivity index (χ4n) is 3.99. The summed E-state index contributed by atoms with van der Waals surface area (Å²) in [7, 11) is 0. The largest absolute Gasteiger partial charge is 0.376 e. The van der Waals surface area contributed by atoms with Gasteiger partial charge in [-0.25, -0.2) is 4.98 Å². The topological polar surface area (TPSA) is 42.4 Å². The van der Waals surface area contributed by atoms with Gasteiger partial charge in [-0.1, -0.05) is 41.2 Å². The molecule has 28 heavy (non-hydrogen) atoms. The molecular weight excluding hydrogens is 368 g/mol. The molecule has 4 nitrogen and oxygen atoms in total. The van der Waals surface area contributed by atoms with Crippen LogP contribution in [0.2, 0.25) is 0 Å². The van der Waals surface area contributed by atoms with E-state index in [0.717, 1.165) is 40.4 Å². The lowest BCUT2D eigenvalue weighted by Gasteiger charge is -2.24. The fourth-order valence-corrected chi connectivity index (χ4v) is 4.98. The summed E-state index contributed by atoms with van der Waals surface area (Å²) in [5.41, 5.74) is 5.64. The summed E-state index contributed by atoms with van der Waals surface area (Å²) in [5.74, 6) is 0.0876. The highest BCUT2D eigenvalue weighted by molar-refractivity contribution is 7.22. The van der Waals surface area contributed by atoms with E-state index in [1.165, 1.54) is 16.7 Å². The molecule has 2 aromatic carbocycles. The Morgan fingerprint density at radius 1 is 1.21 bits per heavy atom. The van der Waals surface area contributed by atoms with Gasteiger partial charge in [-0.05, 0) is 62.4 Å². The summed E-state index contributed by atoms with van der Waals surface area (Å²) in [5, 5.41) is 0.768. The standard InChI is InChI=1S/C23H26N2O2S/c1-15-11-16(2)19(17(3)12-15)13-22(26)25(14-18-7-6-10-27-18)23-24-20-8-4-5-9-21(20)28-23/h4-5,8-9,11-12,18H,6-7,10,13-14H2,1-3H3. The number of para-hydroxylation sites is 1. The third-order valence-corrected chi connectivity index (χ3v) is 6.45. The lowest BCUT2D eigenvalue weighted by molar-refractivity contribution is -0.118. The lowest BCUT2D eigenvalue weighted by atomic mass is 9.97. The van der Waals surface area contributed by atoms with Crippen LogP contribution < -0.4 is 4.90 Å². The first-order chi connectivity index (χ1) is 13.5. The van der Waals surface area contributed by atoms with Crippen molar-refractivity contribution < 1.29 is 9.53 Å². The molecule has 1 aromatic heterocycles. The van der Waals surface area contributed by atoms with Crippen LogP contribution in [-0.4, -0.2) is 30.1 Å². The van der Waals surface area contributed by atoms with Gasteiger partial charge in [0, 0.05) is 6.61 Å². The highest BCUT2D eigenvalue weighted by Gasteiger charge is 2.26. The molecule has 1 fully saturated rings. The Hall–Kier alpha value is -2.24. The number of anilines is 1. The van der Waals surface area contributed by atoms with Crippen molar-refractivity contribution in [2.45, 2.75) is 46.1 Å². The van der Waals surface area contributed by atoms with E-state index in [9.17, 15) is 4.79 Å². The number of carbonyl (C=O) groups is 1. The molecule has 1 amide bonds. The van der Waals surface area contributed by atoms with Crippen molar-refractivity contribution in [3.63, 3.8) is 0 Å². The van der Waals surface area contributed by atoms with Crippen molar-refractivity contribution in [3.05, 3.63) is 58.7 Å². The maximum Gasteiger partial charge on any atom is 0.233 e. The number of carbonyl (C=O) groups excluding carboxylic acids is 1. The van der Waals surface area contributed by atoms with E-state index in [1.54, 1.807) is 11.3 Å². The number of thiazole rings is 1. The van der Waals surface area contributed by atoms with Crippen molar-refractivity contribution in [1.82, 2.24) is 4.98 Å². The summed E-state index contributed by atoms with van der Waals surface area (Å²) in [6.07, 6.45) is 2.54. The van der Waals surface area contributed by atoms with Gasteiger partial charge in [0.15, 0.2) is 5.13 Å². The van der Waals surface area contributed by atoms with Gasteiger partial charge in [-0.3, -0.25) is 9.69 Å². The van der Waals surface area contributed by atoms with E-state index < -0.39 is 0 Å². The molecule has 0 bridgehead atoms. The van der Waals surface area contributed by atoms with Gasteiger partial charge >= 0.3 is 0 Å². The third-order valence-electron chi connectivity index (χ3n) is 5.39. The quantitative estimate of drug-likeness (QED) is 0.613. The van der Waals surface area contributed by atoms with Gasteiger partial charge < -0.3 is 4.74 Å². The van der Waals surface area contributed by atoms with Crippen LogP contribution in [0.3, 0.4) is 0 Å². The molecule has 1 unspecified atom stereocenters. The van der Waals surface area contributed by atoms with Gasteiger partial charge in [0.25, 0.3) is 0 Å². The second-order valence-electron chi connectivity index (χ2n) is 7.66. The second kappa shape index (κ2) is 8.02. The smallest absolute Gasteiger partial charge is 0.233 e. The van der Waals surface area contributed by atoms with Crippen LogP contribution in [0.25, 0.3) is 10.2 Å². The zero-order valence-corrected chi connectivity index (χ0v) is 17.5. The van der Waals surface area contributed by atoms with Crippen LogP contribution in [0.15, 0.2) is 36.4 Å². The predicted molar refractivity (Wildman–Crippen MR) is 115 cm³/mol. The fraction of sp³-hybridized carbons (Fsp3) is 0.391. The Morgan fingerprint density at radius 3 is 2.64 bits per heavy atom. The molecule has 0 aliphatic carbocycles. The Bertz CT molecular complexity index is 949. The number of aryl methyl sites for hydroxylation is 3. The van der Waals surface area contributed by atoms with E-state index in [1.807, 2.05) is 23.1 Å².